The summed E-state index contributed by atoms with van der Waals surface area (Å²) in [5.74, 6) is 2.03. The van der Waals surface area contributed by atoms with Gasteiger partial charge in [-0.05, 0) is 52.4 Å². The van der Waals surface area contributed by atoms with Crippen LogP contribution in [0.15, 0.2) is 48.5 Å². The Balaban J connectivity index is 2.98. The molecule has 0 aliphatic rings. The number of ketones is 1. The molecular formula is C26H34N2O2. The number of hydrogen-bond donors (Lipinski definition) is 0. The van der Waals surface area contributed by atoms with Gasteiger partial charge in [0.15, 0.2) is 0 Å². The van der Waals surface area contributed by atoms with Gasteiger partial charge in [0.2, 0.25) is 5.78 Å². The molecule has 0 radical (unpaired) electrons. The fraction of sp³-hybridized carbons (Fsp3) is 0.423. The molecular weight excluding hydrogens is 372 g/mol. The minimum Gasteiger partial charge on any atom is -0.363 e. The maximum Gasteiger partial charge on any atom is 0.209 e. The predicted molar refractivity (Wildman–Crippen MR) is 123 cm³/mol. The van der Waals surface area contributed by atoms with Crippen molar-refractivity contribution in [2.45, 2.75) is 60.2 Å². The van der Waals surface area contributed by atoms with Crippen LogP contribution in [0.5, 0.6) is 0 Å². The Hall–Kier alpha value is -2.68. The van der Waals surface area contributed by atoms with Crippen LogP contribution in [-0.4, -0.2) is 46.7 Å². The monoisotopic (exact) mass is 406 g/mol. The molecule has 0 bridgehead atoms. The van der Waals surface area contributed by atoms with Crippen molar-refractivity contribution in [3.63, 3.8) is 0 Å². The van der Waals surface area contributed by atoms with Crippen molar-refractivity contribution in [2.24, 2.45) is 0 Å². The van der Waals surface area contributed by atoms with Crippen LogP contribution in [0, 0.1) is 0 Å². The van der Waals surface area contributed by atoms with Gasteiger partial charge in [-0.2, -0.15) is 0 Å². The first-order chi connectivity index (χ1) is 14.3. The van der Waals surface area contributed by atoms with E-state index in [-0.39, 0.29) is 17.9 Å². The molecule has 2 rings (SSSR count). The topological polar surface area (TPSA) is 40.6 Å². The third kappa shape index (κ3) is 5.27. The smallest absolute Gasteiger partial charge is 0.209 e. The van der Waals surface area contributed by atoms with Crippen LogP contribution in [0.2, 0.25) is 0 Å². The molecule has 0 fully saturated rings. The lowest BCUT2D eigenvalue weighted by molar-refractivity contribution is 0.101. The van der Waals surface area contributed by atoms with Crippen molar-refractivity contribution >= 4 is 17.4 Å². The molecule has 0 saturated carbocycles. The van der Waals surface area contributed by atoms with E-state index in [9.17, 15) is 9.59 Å². The lowest BCUT2D eigenvalue weighted by atomic mass is 9.99. The Morgan fingerprint density at radius 1 is 0.900 bits per heavy atom. The van der Waals surface area contributed by atoms with Gasteiger partial charge < -0.3 is 4.90 Å². The number of benzene rings is 2. The van der Waals surface area contributed by atoms with E-state index < -0.39 is 0 Å². The van der Waals surface area contributed by atoms with Crippen molar-refractivity contribution in [3.05, 3.63) is 70.1 Å². The fourth-order valence-electron chi connectivity index (χ4n) is 3.98. The molecule has 0 heterocycles. The van der Waals surface area contributed by atoms with E-state index in [1.54, 1.807) is 6.07 Å². The largest absolute Gasteiger partial charge is 0.363 e. The van der Waals surface area contributed by atoms with Crippen molar-refractivity contribution in [1.82, 2.24) is 9.80 Å². The summed E-state index contributed by atoms with van der Waals surface area (Å²) in [5.41, 5.74) is 2.17. The van der Waals surface area contributed by atoms with Gasteiger partial charge in [-0.1, -0.05) is 56.3 Å². The number of hydrogen-bond acceptors (Lipinski definition) is 4. The molecule has 4 nitrogen and oxygen atoms in total. The maximum absolute atomic E-state index is 13.8. The molecule has 0 amide bonds. The average Bonchev–Trinajstić information content (AvgIpc) is 2.75. The summed E-state index contributed by atoms with van der Waals surface area (Å²) in [6, 6.07) is 15.1. The zero-order valence-corrected chi connectivity index (χ0v) is 19.1. The van der Waals surface area contributed by atoms with Crippen LogP contribution >= 0.6 is 0 Å². The van der Waals surface area contributed by atoms with E-state index in [4.69, 9.17) is 0 Å². The molecule has 4 heteroatoms. The van der Waals surface area contributed by atoms with Gasteiger partial charge in [-0.25, -0.2) is 4.79 Å². The second-order valence-electron chi connectivity index (χ2n) is 8.04. The molecule has 0 atom stereocenters. The highest BCUT2D eigenvalue weighted by Crippen LogP contribution is 2.19. The lowest BCUT2D eigenvalue weighted by Gasteiger charge is -2.35. The molecule has 2 aromatic rings. The summed E-state index contributed by atoms with van der Waals surface area (Å²) in [6.07, 6.45) is 0. The van der Waals surface area contributed by atoms with E-state index in [1.807, 2.05) is 42.5 Å². The summed E-state index contributed by atoms with van der Waals surface area (Å²) < 4.78 is 0. The van der Waals surface area contributed by atoms with Crippen molar-refractivity contribution < 1.29 is 9.59 Å². The van der Waals surface area contributed by atoms with Crippen LogP contribution in [0.25, 0.3) is 5.70 Å². The lowest BCUT2D eigenvalue weighted by Crippen LogP contribution is -2.46. The van der Waals surface area contributed by atoms with E-state index in [1.165, 1.54) is 0 Å². The third-order valence-electron chi connectivity index (χ3n) is 5.41. The molecule has 0 saturated heterocycles. The molecule has 0 spiro atoms. The second kappa shape index (κ2) is 10.9. The Bertz CT molecular complexity index is 977. The van der Waals surface area contributed by atoms with E-state index in [2.05, 4.69) is 57.3 Å². The first-order valence-corrected chi connectivity index (χ1v) is 10.8. The van der Waals surface area contributed by atoms with Gasteiger partial charge in [-0.15, -0.1) is 0 Å². The third-order valence-corrected chi connectivity index (χ3v) is 5.41. The number of carbonyl (C=O) groups excluding carboxylic acids is 2. The van der Waals surface area contributed by atoms with Crippen molar-refractivity contribution in [3.8, 4) is 0 Å². The van der Waals surface area contributed by atoms with Crippen LogP contribution in [-0.2, 0) is 11.3 Å². The van der Waals surface area contributed by atoms with Gasteiger partial charge in [0.25, 0.3) is 0 Å². The highest BCUT2D eigenvalue weighted by Gasteiger charge is 2.26. The van der Waals surface area contributed by atoms with Gasteiger partial charge in [0, 0.05) is 29.4 Å². The van der Waals surface area contributed by atoms with Gasteiger partial charge in [-0.3, -0.25) is 9.69 Å². The summed E-state index contributed by atoms with van der Waals surface area (Å²) in [7, 11) is 0. The normalized spacial score (nSPS) is 12.3. The van der Waals surface area contributed by atoms with E-state index in [0.717, 1.165) is 18.7 Å². The Kier molecular flexibility index (Phi) is 8.58. The number of nitrogens with zero attached hydrogens (tertiary/aromatic N) is 2. The SMILES string of the molecule is CCN(CC)Cc1cccc(=C=O)/c1=C(/C(=O)c1ccccc1)N(C(C)C)C(C)C. The molecule has 0 aromatic heterocycles. The summed E-state index contributed by atoms with van der Waals surface area (Å²) >= 11 is 0. The highest BCUT2D eigenvalue weighted by molar-refractivity contribution is 6.23. The molecule has 2 aromatic carbocycles. The van der Waals surface area contributed by atoms with Gasteiger partial charge >= 0.3 is 0 Å². The van der Waals surface area contributed by atoms with Gasteiger partial charge in [0.05, 0.1) is 10.9 Å². The predicted octanol–water partition coefficient (Wildman–Crippen LogP) is 3.14. The Labute approximate surface area is 180 Å². The maximum atomic E-state index is 13.8. The fourth-order valence-corrected chi connectivity index (χ4v) is 3.98. The quantitative estimate of drug-likeness (QED) is 0.600. The van der Waals surface area contributed by atoms with Crippen LogP contribution in [0.1, 0.15) is 57.5 Å². The van der Waals surface area contributed by atoms with Gasteiger partial charge in [0.1, 0.15) is 5.94 Å². The van der Waals surface area contributed by atoms with Crippen molar-refractivity contribution in [1.29, 1.82) is 0 Å². The first-order valence-electron chi connectivity index (χ1n) is 10.8. The van der Waals surface area contributed by atoms with Crippen LogP contribution in [0.3, 0.4) is 0 Å². The molecule has 0 aliphatic heterocycles. The second-order valence-corrected chi connectivity index (χ2v) is 8.04. The zero-order chi connectivity index (χ0) is 22.3. The van der Waals surface area contributed by atoms with Crippen LogP contribution in [0.4, 0.5) is 0 Å². The highest BCUT2D eigenvalue weighted by atomic mass is 16.1. The first kappa shape index (κ1) is 23.6. The Morgan fingerprint density at radius 3 is 2.00 bits per heavy atom. The van der Waals surface area contributed by atoms with E-state index in [0.29, 0.717) is 28.2 Å². The Morgan fingerprint density at radius 2 is 1.50 bits per heavy atom. The minimum absolute atomic E-state index is 0.0681. The standard InChI is InChI=1S/C26H34N2O2/c1-7-27(8-2)17-22-15-12-16-23(18-29)24(22)25(28(19(3)4)20(5)6)26(30)21-13-10-9-11-14-21/h9-16,19-20H,7-8,17H2,1-6H3/b25-24-. The summed E-state index contributed by atoms with van der Waals surface area (Å²) in [5, 5.41) is 1.14. The molecule has 30 heavy (non-hydrogen) atoms. The van der Waals surface area contributed by atoms with E-state index >= 15 is 0 Å². The summed E-state index contributed by atoms with van der Waals surface area (Å²) in [6.45, 7) is 15.0. The molecule has 0 N–H and O–H groups in total. The molecule has 160 valence electrons. The molecule has 0 aliphatic carbocycles. The number of carbonyl (C=O) groups is 1. The minimum atomic E-state index is -0.0681. The summed E-state index contributed by atoms with van der Waals surface area (Å²) in [4.78, 5) is 30.2. The van der Waals surface area contributed by atoms with Crippen LogP contribution < -0.4 is 10.4 Å². The zero-order valence-electron chi connectivity index (χ0n) is 19.1. The average molecular weight is 407 g/mol. The number of rotatable bonds is 9. The number of Topliss-reactive ketones (excluding diaryl/α,β-unsaturated/α-hetero) is 1. The molecule has 0 unspecified atom stereocenters. The van der Waals surface area contributed by atoms with Crippen molar-refractivity contribution in [2.75, 3.05) is 13.1 Å².